The summed E-state index contributed by atoms with van der Waals surface area (Å²) in [4.78, 5) is 9.95. The van der Waals surface area contributed by atoms with E-state index >= 15 is 0 Å². The van der Waals surface area contributed by atoms with E-state index < -0.39 is 0 Å². The van der Waals surface area contributed by atoms with E-state index in [9.17, 15) is 0 Å². The molecular formula is C15H19N7S. The minimum Gasteiger partial charge on any atom is -0.398 e. The van der Waals surface area contributed by atoms with Crippen molar-refractivity contribution in [1.29, 1.82) is 5.41 Å². The maximum atomic E-state index is 7.15. The van der Waals surface area contributed by atoms with Gasteiger partial charge in [-0.3, -0.25) is 0 Å². The van der Waals surface area contributed by atoms with Gasteiger partial charge in [0.15, 0.2) is 5.82 Å². The Balaban J connectivity index is 2.26. The number of rotatable bonds is 5. The van der Waals surface area contributed by atoms with Crippen LogP contribution in [0.3, 0.4) is 0 Å². The van der Waals surface area contributed by atoms with Crippen molar-refractivity contribution in [2.45, 2.75) is 13.5 Å². The monoisotopic (exact) mass is 329 g/mol. The summed E-state index contributed by atoms with van der Waals surface area (Å²) in [6.45, 7) is 3.61. The van der Waals surface area contributed by atoms with Crippen LogP contribution in [0.2, 0.25) is 0 Å². The predicted octanol–water partition coefficient (Wildman–Crippen LogP) is 1.82. The second kappa shape index (κ2) is 5.98. The lowest BCUT2D eigenvalue weighted by molar-refractivity contribution is 0.667. The third-order valence-electron chi connectivity index (χ3n) is 3.68. The topological polar surface area (TPSA) is 119 Å². The molecule has 0 saturated carbocycles. The number of nitrogen functional groups attached to an aromatic ring is 1. The van der Waals surface area contributed by atoms with Gasteiger partial charge in [-0.05, 0) is 18.7 Å². The molecule has 0 spiro atoms. The molecule has 0 aliphatic rings. The second-order valence-corrected chi connectivity index (χ2v) is 6.23. The molecule has 0 aliphatic heterocycles. The van der Waals surface area contributed by atoms with Gasteiger partial charge in [-0.25, -0.2) is 9.97 Å². The van der Waals surface area contributed by atoms with E-state index in [0.29, 0.717) is 18.1 Å². The highest BCUT2D eigenvalue weighted by Gasteiger charge is 2.17. The summed E-state index contributed by atoms with van der Waals surface area (Å²) < 4.78 is 3.05. The number of aryl methyl sites for hydroxylation is 1. The first-order valence-corrected chi connectivity index (χ1v) is 8.10. The van der Waals surface area contributed by atoms with Crippen LogP contribution in [-0.4, -0.2) is 27.3 Å². The number of aromatic nitrogens is 3. The highest BCUT2D eigenvalue weighted by atomic mass is 32.1. The van der Waals surface area contributed by atoms with E-state index in [1.807, 2.05) is 13.1 Å². The van der Waals surface area contributed by atoms with Crippen LogP contribution in [0.1, 0.15) is 17.6 Å². The highest BCUT2D eigenvalue weighted by molar-refractivity contribution is 7.20. The Labute approximate surface area is 137 Å². The maximum absolute atomic E-state index is 7.15. The van der Waals surface area contributed by atoms with E-state index in [1.165, 1.54) is 17.6 Å². The summed E-state index contributed by atoms with van der Waals surface area (Å²) in [6, 6.07) is 1.90. The Hall–Kier alpha value is -2.45. The largest absolute Gasteiger partial charge is 0.398 e. The van der Waals surface area contributed by atoms with Crippen LogP contribution in [-0.2, 0) is 13.6 Å². The molecule has 120 valence electrons. The van der Waals surface area contributed by atoms with Gasteiger partial charge in [-0.2, -0.15) is 0 Å². The van der Waals surface area contributed by atoms with E-state index in [1.54, 1.807) is 6.08 Å². The Morgan fingerprint density at radius 2 is 2.26 bits per heavy atom. The summed E-state index contributed by atoms with van der Waals surface area (Å²) in [7, 11) is 1.98. The molecule has 0 saturated heterocycles. The molecule has 7 nitrogen and oxygen atoms in total. The van der Waals surface area contributed by atoms with Crippen LogP contribution in [0.15, 0.2) is 12.1 Å². The van der Waals surface area contributed by atoms with E-state index in [-0.39, 0.29) is 0 Å². The zero-order valence-electron chi connectivity index (χ0n) is 13.1. The molecule has 3 rings (SSSR count). The van der Waals surface area contributed by atoms with Crippen molar-refractivity contribution in [2.75, 3.05) is 12.3 Å². The average Bonchev–Trinajstić information content (AvgIpc) is 3.07. The maximum Gasteiger partial charge on any atom is 0.152 e. The van der Waals surface area contributed by atoms with Gasteiger partial charge in [0.05, 0.1) is 32.9 Å². The van der Waals surface area contributed by atoms with Crippen molar-refractivity contribution in [3.05, 3.63) is 22.8 Å². The first-order valence-electron chi connectivity index (χ1n) is 7.28. The molecule has 8 heteroatoms. The Bertz CT molecular complexity index is 919. The lowest BCUT2D eigenvalue weighted by atomic mass is 10.3. The summed E-state index contributed by atoms with van der Waals surface area (Å²) in [5, 5.41) is 10.4. The van der Waals surface area contributed by atoms with Gasteiger partial charge >= 0.3 is 0 Å². The van der Waals surface area contributed by atoms with Crippen molar-refractivity contribution in [2.24, 2.45) is 12.8 Å². The first-order chi connectivity index (χ1) is 11.1. The van der Waals surface area contributed by atoms with Crippen molar-refractivity contribution in [3.8, 4) is 0 Å². The fraction of sp³-hybridized carbons (Fsp3) is 0.267. The van der Waals surface area contributed by atoms with Crippen molar-refractivity contribution in [3.63, 3.8) is 0 Å². The lowest BCUT2D eigenvalue weighted by Crippen LogP contribution is -2.15. The van der Waals surface area contributed by atoms with Gasteiger partial charge in [0.2, 0.25) is 0 Å². The number of fused-ring (bicyclic) bond motifs is 3. The number of thiophene rings is 1. The summed E-state index contributed by atoms with van der Waals surface area (Å²) >= 11 is 1.54. The number of anilines is 1. The molecule has 3 heterocycles. The number of hydrogen-bond donors (Lipinski definition) is 4. The smallest absolute Gasteiger partial charge is 0.152 e. The molecule has 23 heavy (non-hydrogen) atoms. The number of allylic oxidation sites excluding steroid dienone is 1. The molecule has 0 unspecified atom stereocenters. The molecule has 6 N–H and O–H groups in total. The highest BCUT2D eigenvalue weighted by Crippen LogP contribution is 2.35. The number of nitrogens with one attached hydrogen (secondary N) is 2. The second-order valence-electron chi connectivity index (χ2n) is 5.18. The molecule has 3 aromatic rings. The van der Waals surface area contributed by atoms with Gasteiger partial charge in [-0.1, -0.05) is 6.92 Å². The molecule has 0 aliphatic carbocycles. The molecule has 0 radical (unpaired) electrons. The van der Waals surface area contributed by atoms with E-state index in [2.05, 4.69) is 26.8 Å². The van der Waals surface area contributed by atoms with Crippen molar-refractivity contribution >= 4 is 50.3 Å². The molecular weight excluding hydrogens is 310 g/mol. The van der Waals surface area contributed by atoms with Crippen molar-refractivity contribution < 1.29 is 0 Å². The predicted molar refractivity (Wildman–Crippen MR) is 96.6 cm³/mol. The summed E-state index contributed by atoms with van der Waals surface area (Å²) in [5.41, 5.74) is 15.1. The van der Waals surface area contributed by atoms with Gasteiger partial charge < -0.3 is 26.8 Å². The number of nitrogens with two attached hydrogens (primary N) is 2. The minimum absolute atomic E-state index is 0.421. The third-order valence-corrected chi connectivity index (χ3v) is 4.86. The van der Waals surface area contributed by atoms with Crippen LogP contribution < -0.4 is 16.8 Å². The minimum atomic E-state index is 0.421. The number of nitrogens with zero attached hydrogens (tertiary/aromatic N) is 3. The number of pyridine rings is 1. The Kier molecular flexibility index (Phi) is 4.01. The van der Waals surface area contributed by atoms with Gasteiger partial charge in [0, 0.05) is 13.3 Å². The Morgan fingerprint density at radius 3 is 2.96 bits per heavy atom. The summed E-state index contributed by atoms with van der Waals surface area (Å²) in [6.07, 6.45) is 2.74. The third kappa shape index (κ3) is 2.55. The normalized spacial score (nSPS) is 12.3. The fourth-order valence-corrected chi connectivity index (χ4v) is 3.63. The Morgan fingerprint density at radius 1 is 1.48 bits per heavy atom. The molecule has 0 fully saturated rings. The fourth-order valence-electron chi connectivity index (χ4n) is 2.51. The number of hydrogen-bond acceptors (Lipinski definition) is 7. The van der Waals surface area contributed by atoms with Gasteiger partial charge in [0.25, 0.3) is 0 Å². The molecule has 0 amide bonds. The van der Waals surface area contributed by atoms with Crippen LogP contribution in [0.25, 0.3) is 26.9 Å². The van der Waals surface area contributed by atoms with Crippen LogP contribution >= 0.6 is 11.3 Å². The standard InChI is InChI=1S/C15H19N7S/c1-3-19-7-11-21-12-13(22(11)2)14-9(20-15(12)18)6-10(23-14)8(17)4-5-16/h4-6,16,19H,3,7,17H2,1-2H3,(H2,18,20). The molecule has 3 aromatic heterocycles. The average molecular weight is 329 g/mol. The zero-order valence-corrected chi connectivity index (χ0v) is 13.9. The van der Waals surface area contributed by atoms with E-state index in [4.69, 9.17) is 16.9 Å². The van der Waals surface area contributed by atoms with E-state index in [0.717, 1.165) is 38.5 Å². The summed E-state index contributed by atoms with van der Waals surface area (Å²) in [5.74, 6) is 1.34. The van der Waals surface area contributed by atoms with Crippen molar-refractivity contribution in [1.82, 2.24) is 19.9 Å². The molecule has 0 atom stereocenters. The van der Waals surface area contributed by atoms with Gasteiger partial charge in [0.1, 0.15) is 11.3 Å². The first kappa shape index (κ1) is 15.4. The van der Waals surface area contributed by atoms with Crippen LogP contribution in [0.4, 0.5) is 5.82 Å². The van der Waals surface area contributed by atoms with Crippen LogP contribution in [0.5, 0.6) is 0 Å². The molecule has 0 aromatic carbocycles. The SMILES string of the molecule is CCNCc1nc2c(N)nc3cc(C(N)=CC=N)sc3c2n1C. The lowest BCUT2D eigenvalue weighted by Gasteiger charge is -2.03. The quantitative estimate of drug-likeness (QED) is 0.532. The van der Waals surface area contributed by atoms with Crippen LogP contribution in [0, 0.1) is 5.41 Å². The molecule has 0 bridgehead atoms. The van der Waals surface area contributed by atoms with Gasteiger partial charge in [-0.15, -0.1) is 11.3 Å². The zero-order chi connectivity index (χ0) is 16.6. The number of imidazole rings is 1.